The van der Waals surface area contributed by atoms with Gasteiger partial charge in [-0.15, -0.1) is 0 Å². The smallest absolute Gasteiger partial charge is 0.253 e. The van der Waals surface area contributed by atoms with Crippen LogP contribution in [0.25, 0.3) is 22.2 Å². The van der Waals surface area contributed by atoms with E-state index in [2.05, 4.69) is 20.3 Å². The first kappa shape index (κ1) is 22.7. The van der Waals surface area contributed by atoms with Crippen LogP contribution in [0.2, 0.25) is 5.02 Å². The van der Waals surface area contributed by atoms with Crippen molar-refractivity contribution in [2.45, 2.75) is 19.6 Å². The van der Waals surface area contributed by atoms with E-state index in [1.807, 2.05) is 85.4 Å². The molecule has 0 radical (unpaired) electrons. The fraction of sp³-hybridized carbons (Fsp3) is 0.148. The summed E-state index contributed by atoms with van der Waals surface area (Å²) < 4.78 is 7.81. The van der Waals surface area contributed by atoms with Crippen molar-refractivity contribution in [1.82, 2.24) is 19.5 Å². The summed E-state index contributed by atoms with van der Waals surface area (Å²) in [5, 5.41) is 4.63. The van der Waals surface area contributed by atoms with Crippen molar-refractivity contribution in [3.05, 3.63) is 106 Å². The fourth-order valence-corrected chi connectivity index (χ4v) is 4.31. The second-order valence-electron chi connectivity index (χ2n) is 8.34. The molecule has 3 heterocycles. The molecular weight excluding hydrogens is 462 g/mol. The molecule has 8 heteroatoms. The van der Waals surface area contributed by atoms with Crippen LogP contribution in [0.3, 0.4) is 0 Å². The predicted octanol–water partition coefficient (Wildman–Crippen LogP) is 5.73. The molecule has 0 saturated carbocycles. The van der Waals surface area contributed by atoms with Crippen LogP contribution in [0.4, 0.5) is 5.69 Å². The van der Waals surface area contributed by atoms with E-state index in [4.69, 9.17) is 16.3 Å². The highest BCUT2D eigenvalue weighted by molar-refractivity contribution is 6.36. The molecular formula is C27H24ClN5O2. The number of H-pyrrole nitrogens is 1. The van der Waals surface area contributed by atoms with Crippen LogP contribution in [0.15, 0.2) is 84.2 Å². The van der Waals surface area contributed by atoms with Gasteiger partial charge in [-0.3, -0.25) is 9.78 Å². The van der Waals surface area contributed by atoms with Crippen molar-refractivity contribution in [3.63, 3.8) is 0 Å². The van der Waals surface area contributed by atoms with Crippen molar-refractivity contribution in [1.29, 1.82) is 0 Å². The third-order valence-electron chi connectivity index (χ3n) is 5.88. The zero-order chi connectivity index (χ0) is 24.4. The molecule has 0 saturated heterocycles. The number of hydrogen-bond acceptors (Lipinski definition) is 5. The highest BCUT2D eigenvalue weighted by atomic mass is 35.5. The minimum Gasteiger partial charge on any atom is -0.486 e. The second-order valence-corrected chi connectivity index (χ2v) is 8.72. The molecule has 0 aliphatic heterocycles. The van der Waals surface area contributed by atoms with Crippen LogP contribution in [0.1, 0.15) is 24.2 Å². The van der Waals surface area contributed by atoms with Crippen LogP contribution in [-0.2, 0) is 13.7 Å². The molecule has 1 atom stereocenters. The summed E-state index contributed by atoms with van der Waals surface area (Å²) >= 11 is 6.58. The number of hydrogen-bond donors (Lipinski definition) is 2. The highest BCUT2D eigenvalue weighted by Gasteiger charge is 2.15. The van der Waals surface area contributed by atoms with Gasteiger partial charge in [0.05, 0.1) is 35.5 Å². The van der Waals surface area contributed by atoms with E-state index < -0.39 is 0 Å². The number of anilines is 1. The number of halogens is 1. The zero-order valence-electron chi connectivity index (χ0n) is 19.3. The highest BCUT2D eigenvalue weighted by Crippen LogP contribution is 2.32. The molecule has 2 aromatic carbocycles. The third kappa shape index (κ3) is 4.76. The van der Waals surface area contributed by atoms with Crippen molar-refractivity contribution in [2.24, 2.45) is 7.05 Å². The molecule has 35 heavy (non-hydrogen) atoms. The lowest BCUT2D eigenvalue weighted by atomic mass is 10.1. The molecule has 5 rings (SSSR count). The lowest BCUT2D eigenvalue weighted by molar-refractivity contribution is 0.302. The summed E-state index contributed by atoms with van der Waals surface area (Å²) in [5.74, 6) is 0.492. The molecule has 2 N–H and O–H groups in total. The van der Waals surface area contributed by atoms with Gasteiger partial charge in [0.2, 0.25) is 0 Å². The second kappa shape index (κ2) is 9.64. The van der Waals surface area contributed by atoms with Crippen LogP contribution < -0.4 is 15.6 Å². The standard InChI is InChI=1S/C27H24ClN5O2/c1-17(31-20-8-5-6-18(12-20)23-14-29-16-33(23)2)22-13-19-9-10-24(25(28)26(19)32-27(22)34)35-15-21-7-3-4-11-30-21/h3-14,16-17,31H,15H2,1-2H3,(H,32,34)/t17-/m0/s1. The number of nitrogens with one attached hydrogen (secondary N) is 2. The maximum atomic E-state index is 13.0. The van der Waals surface area contributed by atoms with Crippen LogP contribution in [0.5, 0.6) is 5.75 Å². The predicted molar refractivity (Wildman–Crippen MR) is 139 cm³/mol. The van der Waals surface area contributed by atoms with Crippen molar-refractivity contribution in [3.8, 4) is 17.0 Å². The van der Waals surface area contributed by atoms with Gasteiger partial charge in [-0.25, -0.2) is 4.98 Å². The number of pyridine rings is 2. The van der Waals surface area contributed by atoms with E-state index in [0.717, 1.165) is 28.0 Å². The summed E-state index contributed by atoms with van der Waals surface area (Å²) in [5.41, 5.74) is 4.71. The van der Waals surface area contributed by atoms with E-state index in [9.17, 15) is 4.79 Å². The molecule has 0 aliphatic carbocycles. The maximum Gasteiger partial charge on any atom is 0.253 e. The number of aromatic amines is 1. The van der Waals surface area contributed by atoms with E-state index >= 15 is 0 Å². The van der Waals surface area contributed by atoms with E-state index in [1.54, 1.807) is 12.5 Å². The Morgan fingerprint density at radius 1 is 1.14 bits per heavy atom. The summed E-state index contributed by atoms with van der Waals surface area (Å²) in [4.78, 5) is 24.4. The van der Waals surface area contributed by atoms with Gasteiger partial charge in [0, 0.05) is 35.4 Å². The molecule has 0 aliphatic rings. The summed E-state index contributed by atoms with van der Waals surface area (Å²) in [6.45, 7) is 2.24. The number of ether oxygens (including phenoxy) is 1. The molecule has 0 fully saturated rings. The average Bonchev–Trinajstić information content (AvgIpc) is 3.30. The Balaban J connectivity index is 1.38. The molecule has 5 aromatic rings. The first-order valence-corrected chi connectivity index (χ1v) is 11.6. The van der Waals surface area contributed by atoms with Gasteiger partial charge in [-0.05, 0) is 49.4 Å². The number of aromatic nitrogens is 4. The first-order chi connectivity index (χ1) is 17.0. The van der Waals surface area contributed by atoms with Gasteiger partial charge in [0.1, 0.15) is 17.4 Å². The Kier molecular flexibility index (Phi) is 6.25. The summed E-state index contributed by atoms with van der Waals surface area (Å²) in [6.07, 6.45) is 5.31. The minimum absolute atomic E-state index is 0.205. The fourth-order valence-electron chi connectivity index (χ4n) is 4.04. The van der Waals surface area contributed by atoms with Gasteiger partial charge in [0.25, 0.3) is 5.56 Å². The average molecular weight is 486 g/mol. The number of nitrogens with zero attached hydrogens (tertiary/aromatic N) is 3. The topological polar surface area (TPSA) is 84.8 Å². The number of fused-ring (bicyclic) bond motifs is 1. The molecule has 176 valence electrons. The Morgan fingerprint density at radius 2 is 2.03 bits per heavy atom. The molecule has 7 nitrogen and oxygen atoms in total. The molecule has 0 spiro atoms. The number of aryl methyl sites for hydroxylation is 1. The Hall–Kier alpha value is -4.10. The Morgan fingerprint density at radius 3 is 2.80 bits per heavy atom. The maximum absolute atomic E-state index is 13.0. The van der Waals surface area contributed by atoms with Gasteiger partial charge in [0.15, 0.2) is 0 Å². The summed E-state index contributed by atoms with van der Waals surface area (Å²) in [6, 6.07) is 19.0. The molecule has 0 amide bonds. The number of rotatable bonds is 7. The van der Waals surface area contributed by atoms with Gasteiger partial charge >= 0.3 is 0 Å². The van der Waals surface area contributed by atoms with E-state index in [0.29, 0.717) is 21.9 Å². The van der Waals surface area contributed by atoms with Crippen LogP contribution in [0, 0.1) is 0 Å². The lowest BCUT2D eigenvalue weighted by Gasteiger charge is -2.17. The molecule has 0 bridgehead atoms. The van der Waals surface area contributed by atoms with Crippen molar-refractivity contribution >= 4 is 28.2 Å². The SMILES string of the molecule is C[C@H](Nc1cccc(-c2cncn2C)c1)c1cc2ccc(OCc3ccccn3)c(Cl)c2[nH]c1=O. The van der Waals surface area contributed by atoms with Gasteiger partial charge in [-0.1, -0.05) is 29.8 Å². The van der Waals surface area contributed by atoms with Crippen LogP contribution in [-0.4, -0.2) is 19.5 Å². The Bertz CT molecular complexity index is 1540. The van der Waals surface area contributed by atoms with E-state index in [1.165, 1.54) is 0 Å². The van der Waals surface area contributed by atoms with Crippen molar-refractivity contribution < 1.29 is 4.74 Å². The van der Waals surface area contributed by atoms with Crippen molar-refractivity contribution in [2.75, 3.05) is 5.32 Å². The minimum atomic E-state index is -0.233. The summed E-state index contributed by atoms with van der Waals surface area (Å²) in [7, 11) is 1.96. The quantitative estimate of drug-likeness (QED) is 0.307. The van der Waals surface area contributed by atoms with Gasteiger partial charge in [-0.2, -0.15) is 0 Å². The molecule has 0 unspecified atom stereocenters. The normalized spacial score (nSPS) is 12.0. The number of imidazole rings is 1. The first-order valence-electron chi connectivity index (χ1n) is 11.2. The third-order valence-corrected chi connectivity index (χ3v) is 6.25. The van der Waals surface area contributed by atoms with E-state index in [-0.39, 0.29) is 18.2 Å². The van der Waals surface area contributed by atoms with Gasteiger partial charge < -0.3 is 19.6 Å². The lowest BCUT2D eigenvalue weighted by Crippen LogP contribution is -2.19. The molecule has 3 aromatic heterocycles. The monoisotopic (exact) mass is 485 g/mol. The number of benzene rings is 2. The Labute approximate surface area is 207 Å². The largest absolute Gasteiger partial charge is 0.486 e. The van der Waals surface area contributed by atoms with Crippen LogP contribution >= 0.6 is 11.6 Å². The zero-order valence-corrected chi connectivity index (χ0v) is 20.1.